The van der Waals surface area contributed by atoms with Crippen molar-refractivity contribution in [1.29, 1.82) is 0 Å². The quantitative estimate of drug-likeness (QED) is 0.670. The molecule has 1 aliphatic rings. The van der Waals surface area contributed by atoms with Gasteiger partial charge in [0.15, 0.2) is 0 Å². The summed E-state index contributed by atoms with van der Waals surface area (Å²) < 4.78 is 16.1. The second kappa shape index (κ2) is 8.96. The monoisotopic (exact) mass is 408 g/mol. The molecular weight excluding hydrogens is 384 g/mol. The van der Waals surface area contributed by atoms with E-state index in [0.717, 1.165) is 35.4 Å². The van der Waals surface area contributed by atoms with Gasteiger partial charge < -0.3 is 24.4 Å². The molecule has 8 heteroatoms. The first-order valence-electron chi connectivity index (χ1n) is 9.78. The fraction of sp³-hybridized carbons (Fsp3) is 0.318. The minimum Gasteiger partial charge on any atom is -0.497 e. The Morgan fingerprint density at radius 1 is 1.10 bits per heavy atom. The van der Waals surface area contributed by atoms with Crippen LogP contribution in [0.1, 0.15) is 16.2 Å². The van der Waals surface area contributed by atoms with Crippen LogP contribution in [0, 0.1) is 0 Å². The van der Waals surface area contributed by atoms with Crippen molar-refractivity contribution < 1.29 is 19.0 Å². The van der Waals surface area contributed by atoms with Gasteiger partial charge in [0.1, 0.15) is 17.3 Å². The van der Waals surface area contributed by atoms with Crippen LogP contribution in [-0.4, -0.2) is 56.4 Å². The largest absolute Gasteiger partial charge is 0.497 e. The van der Waals surface area contributed by atoms with E-state index in [1.54, 1.807) is 14.2 Å². The summed E-state index contributed by atoms with van der Waals surface area (Å²) in [6, 6.07) is 13.2. The number of hydrogen-bond donors (Lipinski definition) is 1. The predicted octanol–water partition coefficient (Wildman–Crippen LogP) is 2.41. The molecule has 1 aliphatic heterocycles. The number of carbonyl (C=O) groups is 1. The zero-order valence-corrected chi connectivity index (χ0v) is 17.1. The number of nitrogens with one attached hydrogen (secondary N) is 1. The number of amides is 1. The molecule has 1 aromatic heterocycles. The molecule has 8 nitrogen and oxygen atoms in total. The maximum Gasteiger partial charge on any atom is 0.289 e. The van der Waals surface area contributed by atoms with Gasteiger partial charge in [-0.25, -0.2) is 9.97 Å². The van der Waals surface area contributed by atoms with E-state index >= 15 is 0 Å². The molecule has 156 valence electrons. The highest BCUT2D eigenvalue weighted by Gasteiger charge is 2.20. The molecule has 2 heterocycles. The summed E-state index contributed by atoms with van der Waals surface area (Å²) in [4.78, 5) is 24.1. The summed E-state index contributed by atoms with van der Waals surface area (Å²) in [7, 11) is 3.19. The summed E-state index contributed by atoms with van der Waals surface area (Å²) in [5.74, 6) is 1.91. The van der Waals surface area contributed by atoms with Gasteiger partial charge in [-0.05, 0) is 30.3 Å². The number of rotatable bonds is 6. The Hall–Kier alpha value is -3.39. The maximum absolute atomic E-state index is 12.9. The Morgan fingerprint density at radius 3 is 2.67 bits per heavy atom. The van der Waals surface area contributed by atoms with E-state index in [1.165, 1.54) is 0 Å². The number of hydrogen-bond acceptors (Lipinski definition) is 7. The first kappa shape index (κ1) is 19.9. The van der Waals surface area contributed by atoms with Crippen LogP contribution in [0.3, 0.4) is 0 Å². The topological polar surface area (TPSA) is 85.8 Å². The molecule has 0 aliphatic carbocycles. The van der Waals surface area contributed by atoms with Crippen LogP contribution in [0.25, 0.3) is 10.9 Å². The van der Waals surface area contributed by atoms with Gasteiger partial charge in [-0.3, -0.25) is 4.79 Å². The molecule has 0 saturated carbocycles. The minimum atomic E-state index is -0.347. The lowest BCUT2D eigenvalue weighted by molar-refractivity contribution is 0.0940. The zero-order chi connectivity index (χ0) is 20.9. The van der Waals surface area contributed by atoms with Gasteiger partial charge in [0.25, 0.3) is 5.91 Å². The Balaban J connectivity index is 1.60. The highest BCUT2D eigenvalue weighted by atomic mass is 16.5. The normalized spacial score (nSPS) is 13.9. The number of carbonyl (C=O) groups excluding carboxylic acids is 1. The number of anilines is 1. The summed E-state index contributed by atoms with van der Waals surface area (Å²) in [5, 5.41) is 3.82. The number of fused-ring (bicyclic) bond motifs is 1. The van der Waals surface area contributed by atoms with E-state index in [2.05, 4.69) is 20.2 Å². The van der Waals surface area contributed by atoms with Gasteiger partial charge in [0.05, 0.1) is 33.0 Å². The molecule has 2 aromatic carbocycles. The standard InChI is InChI=1S/C22H24N4O4/c1-28-16-7-8-19(29-2)15(13-16)14-23-22(27)20-24-18-6-4-3-5-17(18)21(25-20)26-9-11-30-12-10-26/h3-8,13H,9-12,14H2,1-2H3,(H,23,27). The lowest BCUT2D eigenvalue weighted by Crippen LogP contribution is -2.37. The molecule has 4 rings (SSSR count). The molecule has 0 radical (unpaired) electrons. The van der Waals surface area contributed by atoms with E-state index in [1.807, 2.05) is 42.5 Å². The fourth-order valence-corrected chi connectivity index (χ4v) is 3.45. The Morgan fingerprint density at radius 2 is 1.90 bits per heavy atom. The molecule has 30 heavy (non-hydrogen) atoms. The molecule has 1 amide bonds. The lowest BCUT2D eigenvalue weighted by atomic mass is 10.2. The highest BCUT2D eigenvalue weighted by Crippen LogP contribution is 2.26. The van der Waals surface area contributed by atoms with Crippen LogP contribution < -0.4 is 19.7 Å². The van der Waals surface area contributed by atoms with E-state index < -0.39 is 0 Å². The second-order valence-electron chi connectivity index (χ2n) is 6.85. The SMILES string of the molecule is COc1ccc(OC)c(CNC(=O)c2nc(N3CCOCC3)c3ccccc3n2)c1. The van der Waals surface area contributed by atoms with Crippen molar-refractivity contribution in [1.82, 2.24) is 15.3 Å². The number of nitrogens with zero attached hydrogens (tertiary/aromatic N) is 3. The summed E-state index contributed by atoms with van der Waals surface area (Å²) in [5.41, 5.74) is 1.54. The summed E-state index contributed by atoms with van der Waals surface area (Å²) in [6.07, 6.45) is 0. The van der Waals surface area contributed by atoms with Crippen molar-refractivity contribution in [2.75, 3.05) is 45.4 Å². The van der Waals surface area contributed by atoms with E-state index in [0.29, 0.717) is 24.7 Å². The van der Waals surface area contributed by atoms with Crippen molar-refractivity contribution in [2.45, 2.75) is 6.54 Å². The Kier molecular flexibility index (Phi) is 5.94. The maximum atomic E-state index is 12.9. The Bertz CT molecular complexity index is 1050. The number of para-hydroxylation sites is 1. The van der Waals surface area contributed by atoms with Gasteiger partial charge in [-0.2, -0.15) is 0 Å². The van der Waals surface area contributed by atoms with Crippen LogP contribution in [-0.2, 0) is 11.3 Å². The molecule has 0 unspecified atom stereocenters. The summed E-state index contributed by atoms with van der Waals surface area (Å²) in [6.45, 7) is 2.99. The van der Waals surface area contributed by atoms with Crippen LogP contribution in [0.4, 0.5) is 5.82 Å². The van der Waals surface area contributed by atoms with Crippen LogP contribution in [0.15, 0.2) is 42.5 Å². The number of aromatic nitrogens is 2. The van der Waals surface area contributed by atoms with E-state index in [-0.39, 0.29) is 18.3 Å². The minimum absolute atomic E-state index is 0.136. The third kappa shape index (κ3) is 4.13. The average molecular weight is 408 g/mol. The molecule has 1 saturated heterocycles. The van der Waals surface area contributed by atoms with Gasteiger partial charge in [0.2, 0.25) is 5.82 Å². The van der Waals surface area contributed by atoms with E-state index in [9.17, 15) is 4.79 Å². The summed E-state index contributed by atoms with van der Waals surface area (Å²) >= 11 is 0. The van der Waals surface area contributed by atoms with Crippen molar-refractivity contribution in [3.63, 3.8) is 0 Å². The molecule has 3 aromatic rings. The first-order chi connectivity index (χ1) is 14.7. The van der Waals surface area contributed by atoms with E-state index in [4.69, 9.17) is 14.2 Å². The molecule has 0 atom stereocenters. The van der Waals surface area contributed by atoms with Crippen LogP contribution in [0.5, 0.6) is 11.5 Å². The number of ether oxygens (including phenoxy) is 3. The van der Waals surface area contributed by atoms with Gasteiger partial charge in [0, 0.05) is 30.6 Å². The molecular formula is C22H24N4O4. The van der Waals surface area contributed by atoms with Crippen molar-refractivity contribution in [3.8, 4) is 11.5 Å². The smallest absolute Gasteiger partial charge is 0.289 e. The average Bonchev–Trinajstić information content (AvgIpc) is 2.82. The van der Waals surface area contributed by atoms with Crippen molar-refractivity contribution >= 4 is 22.6 Å². The molecule has 0 bridgehead atoms. The lowest BCUT2D eigenvalue weighted by Gasteiger charge is -2.28. The third-order valence-corrected chi connectivity index (χ3v) is 5.02. The van der Waals surface area contributed by atoms with Crippen molar-refractivity contribution in [2.24, 2.45) is 0 Å². The predicted molar refractivity (Wildman–Crippen MR) is 113 cm³/mol. The van der Waals surface area contributed by atoms with Crippen LogP contribution >= 0.6 is 0 Å². The third-order valence-electron chi connectivity index (χ3n) is 5.02. The molecule has 1 fully saturated rings. The highest BCUT2D eigenvalue weighted by molar-refractivity contribution is 5.96. The number of morpholine rings is 1. The second-order valence-corrected chi connectivity index (χ2v) is 6.85. The zero-order valence-electron chi connectivity index (χ0n) is 17.1. The van der Waals surface area contributed by atoms with Gasteiger partial charge in [-0.1, -0.05) is 12.1 Å². The Labute approximate surface area is 174 Å². The number of methoxy groups -OCH3 is 2. The van der Waals surface area contributed by atoms with Crippen LogP contribution in [0.2, 0.25) is 0 Å². The van der Waals surface area contributed by atoms with Crippen molar-refractivity contribution in [3.05, 3.63) is 53.9 Å². The van der Waals surface area contributed by atoms with Gasteiger partial charge in [-0.15, -0.1) is 0 Å². The number of benzene rings is 2. The van der Waals surface area contributed by atoms with Gasteiger partial charge >= 0.3 is 0 Å². The molecule has 1 N–H and O–H groups in total. The molecule has 0 spiro atoms. The fourth-order valence-electron chi connectivity index (χ4n) is 3.45. The first-order valence-corrected chi connectivity index (χ1v) is 9.78.